The first-order valence-electron chi connectivity index (χ1n) is 5.54. The van der Waals surface area contributed by atoms with Crippen molar-refractivity contribution in [1.82, 2.24) is 0 Å². The molecule has 1 atom stereocenters. The number of nitrogens with zero attached hydrogens (tertiary/aromatic N) is 1. The van der Waals surface area contributed by atoms with E-state index in [1.165, 1.54) is 6.07 Å². The third-order valence-electron chi connectivity index (χ3n) is 3.14. The molecule has 0 amide bonds. The number of rotatable bonds is 4. The van der Waals surface area contributed by atoms with Gasteiger partial charge in [-0.25, -0.2) is 4.39 Å². The van der Waals surface area contributed by atoms with Gasteiger partial charge in [-0.05, 0) is 36.6 Å². The van der Waals surface area contributed by atoms with Crippen LogP contribution >= 0.6 is 15.9 Å². The minimum atomic E-state index is -0.177. The molecule has 0 aliphatic heterocycles. The molecule has 1 aromatic carbocycles. The van der Waals surface area contributed by atoms with E-state index in [1.54, 1.807) is 6.07 Å². The van der Waals surface area contributed by atoms with E-state index >= 15 is 0 Å². The normalized spacial score (nSPS) is 12.9. The fraction of sp³-hybridized carbons (Fsp3) is 0.538. The standard InChI is InChI=1S/C13H19BrFN/c1-9(2)10(3)16(4)13-6-5-12(15)7-11(13)8-14/h5-7,9-10H,8H2,1-4H3. The highest BCUT2D eigenvalue weighted by atomic mass is 79.9. The zero-order valence-electron chi connectivity index (χ0n) is 10.3. The van der Waals surface area contributed by atoms with Crippen LogP contribution in [0.4, 0.5) is 10.1 Å². The molecular weight excluding hydrogens is 269 g/mol. The van der Waals surface area contributed by atoms with Crippen LogP contribution in [-0.2, 0) is 5.33 Å². The number of halogens is 2. The second-order valence-electron chi connectivity index (χ2n) is 4.50. The Morgan fingerprint density at radius 1 is 1.31 bits per heavy atom. The maximum Gasteiger partial charge on any atom is 0.123 e. The minimum Gasteiger partial charge on any atom is -0.371 e. The minimum absolute atomic E-state index is 0.177. The van der Waals surface area contributed by atoms with Crippen molar-refractivity contribution in [2.24, 2.45) is 5.92 Å². The van der Waals surface area contributed by atoms with Crippen LogP contribution in [0.1, 0.15) is 26.3 Å². The molecule has 0 bridgehead atoms. The number of benzene rings is 1. The van der Waals surface area contributed by atoms with E-state index in [-0.39, 0.29) is 5.82 Å². The van der Waals surface area contributed by atoms with Gasteiger partial charge in [0.2, 0.25) is 0 Å². The Kier molecular flexibility index (Phi) is 4.78. The Bertz CT molecular complexity index is 352. The Labute approximate surface area is 106 Å². The summed E-state index contributed by atoms with van der Waals surface area (Å²) in [6.07, 6.45) is 0. The van der Waals surface area contributed by atoms with Crippen molar-refractivity contribution in [3.63, 3.8) is 0 Å². The topological polar surface area (TPSA) is 3.24 Å². The number of hydrogen-bond acceptors (Lipinski definition) is 1. The van der Waals surface area contributed by atoms with Crippen LogP contribution in [0.3, 0.4) is 0 Å². The quantitative estimate of drug-likeness (QED) is 0.750. The highest BCUT2D eigenvalue weighted by Crippen LogP contribution is 2.26. The lowest BCUT2D eigenvalue weighted by Gasteiger charge is -2.31. The van der Waals surface area contributed by atoms with E-state index in [2.05, 4.69) is 48.6 Å². The van der Waals surface area contributed by atoms with Gasteiger partial charge in [0.15, 0.2) is 0 Å². The van der Waals surface area contributed by atoms with Gasteiger partial charge in [0.1, 0.15) is 5.82 Å². The molecule has 3 heteroatoms. The molecule has 0 radical (unpaired) electrons. The fourth-order valence-electron chi connectivity index (χ4n) is 1.67. The van der Waals surface area contributed by atoms with Crippen molar-refractivity contribution in [1.29, 1.82) is 0 Å². The first-order valence-corrected chi connectivity index (χ1v) is 6.66. The predicted molar refractivity (Wildman–Crippen MR) is 71.7 cm³/mol. The average molecular weight is 288 g/mol. The maximum absolute atomic E-state index is 13.1. The molecular formula is C13H19BrFN. The van der Waals surface area contributed by atoms with Crippen LogP contribution in [-0.4, -0.2) is 13.1 Å². The van der Waals surface area contributed by atoms with Crippen LogP contribution in [0.15, 0.2) is 18.2 Å². The molecule has 90 valence electrons. The second kappa shape index (κ2) is 5.67. The molecule has 1 aromatic rings. The Balaban J connectivity index is 3.03. The summed E-state index contributed by atoms with van der Waals surface area (Å²) < 4.78 is 13.1. The molecule has 0 saturated carbocycles. The monoisotopic (exact) mass is 287 g/mol. The van der Waals surface area contributed by atoms with E-state index in [4.69, 9.17) is 0 Å². The van der Waals surface area contributed by atoms with Gasteiger partial charge in [0.05, 0.1) is 0 Å². The molecule has 0 aromatic heterocycles. The molecule has 1 unspecified atom stereocenters. The Morgan fingerprint density at radius 2 is 1.94 bits per heavy atom. The van der Waals surface area contributed by atoms with Crippen LogP contribution in [0.2, 0.25) is 0 Å². The molecule has 16 heavy (non-hydrogen) atoms. The number of anilines is 1. The molecule has 0 N–H and O–H groups in total. The lowest BCUT2D eigenvalue weighted by atomic mass is 10.0. The van der Waals surface area contributed by atoms with Crippen molar-refractivity contribution in [2.75, 3.05) is 11.9 Å². The molecule has 0 aliphatic carbocycles. The van der Waals surface area contributed by atoms with Crippen molar-refractivity contribution in [3.05, 3.63) is 29.6 Å². The van der Waals surface area contributed by atoms with E-state index in [0.717, 1.165) is 11.3 Å². The van der Waals surface area contributed by atoms with Crippen LogP contribution in [0.25, 0.3) is 0 Å². The van der Waals surface area contributed by atoms with Crippen molar-refractivity contribution >= 4 is 21.6 Å². The molecule has 0 saturated heterocycles. The van der Waals surface area contributed by atoms with Crippen LogP contribution in [0.5, 0.6) is 0 Å². The van der Waals surface area contributed by atoms with Gasteiger partial charge >= 0.3 is 0 Å². The van der Waals surface area contributed by atoms with E-state index < -0.39 is 0 Å². The third-order valence-corrected chi connectivity index (χ3v) is 3.75. The number of alkyl halides is 1. The van der Waals surface area contributed by atoms with Gasteiger partial charge in [-0.15, -0.1) is 0 Å². The van der Waals surface area contributed by atoms with Crippen molar-refractivity contribution in [3.8, 4) is 0 Å². The Morgan fingerprint density at radius 3 is 2.44 bits per heavy atom. The van der Waals surface area contributed by atoms with Gasteiger partial charge in [-0.1, -0.05) is 29.8 Å². The third kappa shape index (κ3) is 2.97. The maximum atomic E-state index is 13.1. The smallest absolute Gasteiger partial charge is 0.123 e. The summed E-state index contributed by atoms with van der Waals surface area (Å²) in [4.78, 5) is 2.21. The second-order valence-corrected chi connectivity index (χ2v) is 5.06. The van der Waals surface area contributed by atoms with Gasteiger partial charge in [-0.3, -0.25) is 0 Å². The van der Waals surface area contributed by atoms with E-state index in [1.807, 2.05) is 6.07 Å². The summed E-state index contributed by atoms with van der Waals surface area (Å²) in [5.74, 6) is 0.391. The van der Waals surface area contributed by atoms with Crippen LogP contribution < -0.4 is 4.90 Å². The lowest BCUT2D eigenvalue weighted by molar-refractivity contribution is 0.504. The Hall–Kier alpha value is -0.570. The van der Waals surface area contributed by atoms with Gasteiger partial charge in [0.25, 0.3) is 0 Å². The summed E-state index contributed by atoms with van der Waals surface area (Å²) in [5.41, 5.74) is 2.09. The summed E-state index contributed by atoms with van der Waals surface area (Å²) >= 11 is 3.40. The van der Waals surface area contributed by atoms with Crippen LogP contribution in [0, 0.1) is 11.7 Å². The summed E-state index contributed by atoms with van der Waals surface area (Å²) in [7, 11) is 2.06. The highest BCUT2D eigenvalue weighted by Gasteiger charge is 2.16. The zero-order valence-corrected chi connectivity index (χ0v) is 11.9. The molecule has 0 spiro atoms. The zero-order chi connectivity index (χ0) is 12.3. The van der Waals surface area contributed by atoms with Crippen molar-refractivity contribution in [2.45, 2.75) is 32.1 Å². The summed E-state index contributed by atoms with van der Waals surface area (Å²) in [5, 5.41) is 0.676. The highest BCUT2D eigenvalue weighted by molar-refractivity contribution is 9.08. The molecule has 1 rings (SSSR count). The molecule has 0 heterocycles. The fourth-order valence-corrected chi connectivity index (χ4v) is 2.12. The average Bonchev–Trinajstić information content (AvgIpc) is 2.26. The number of hydrogen-bond donors (Lipinski definition) is 0. The molecule has 0 aliphatic rings. The SMILES string of the molecule is CC(C)C(C)N(C)c1ccc(F)cc1CBr. The van der Waals surface area contributed by atoms with Gasteiger partial charge in [0, 0.05) is 24.1 Å². The largest absolute Gasteiger partial charge is 0.371 e. The van der Waals surface area contributed by atoms with Crippen molar-refractivity contribution < 1.29 is 4.39 Å². The van der Waals surface area contributed by atoms with Gasteiger partial charge < -0.3 is 4.90 Å². The first-order chi connectivity index (χ1) is 7.47. The van der Waals surface area contributed by atoms with E-state index in [9.17, 15) is 4.39 Å². The summed E-state index contributed by atoms with van der Waals surface area (Å²) in [6, 6.07) is 5.40. The van der Waals surface area contributed by atoms with E-state index in [0.29, 0.717) is 17.3 Å². The predicted octanol–water partition coefficient (Wildman–Crippen LogP) is 4.20. The summed E-state index contributed by atoms with van der Waals surface area (Å²) in [6.45, 7) is 6.57. The van der Waals surface area contributed by atoms with Gasteiger partial charge in [-0.2, -0.15) is 0 Å². The lowest BCUT2D eigenvalue weighted by Crippen LogP contribution is -2.33. The first kappa shape index (κ1) is 13.5. The molecule has 1 nitrogen and oxygen atoms in total. The molecule has 0 fully saturated rings.